The van der Waals surface area contributed by atoms with Crippen molar-refractivity contribution in [3.63, 3.8) is 0 Å². The number of β-amino-alcohol motifs (C(OH)–C–C–N with tert-alkyl or cyclic N) is 1. The summed E-state index contributed by atoms with van der Waals surface area (Å²) in [5.74, 6) is 0.100. The van der Waals surface area contributed by atoms with E-state index in [-0.39, 0.29) is 22.8 Å². The molecule has 17 heavy (non-hydrogen) atoms. The molecule has 0 aliphatic carbocycles. The lowest BCUT2D eigenvalue weighted by atomic mass is 10.1. The molecule has 0 rings (SSSR count). The van der Waals surface area contributed by atoms with Crippen molar-refractivity contribution < 1.29 is 17.7 Å². The van der Waals surface area contributed by atoms with Gasteiger partial charge in [-0.2, -0.15) is 0 Å². The van der Waals surface area contributed by atoms with E-state index in [0.717, 1.165) is 6.26 Å². The molecule has 104 valence electrons. The average Bonchev–Trinajstić information content (AvgIpc) is 2.09. The summed E-state index contributed by atoms with van der Waals surface area (Å²) in [6.45, 7) is 6.27. The molecule has 7 heteroatoms. The van der Waals surface area contributed by atoms with Gasteiger partial charge in [-0.1, -0.05) is 0 Å². The first-order valence-electron chi connectivity index (χ1n) is 5.45. The summed E-state index contributed by atoms with van der Waals surface area (Å²) in [6.07, 6.45) is 0.400. The lowest BCUT2D eigenvalue weighted by Gasteiger charge is -2.22. The minimum atomic E-state index is -3.08. The Hall–Kier alpha value is 0.0200. The molecule has 2 unspecified atom stereocenters. The molecule has 0 saturated carbocycles. The Morgan fingerprint density at radius 3 is 2.29 bits per heavy atom. The minimum Gasteiger partial charge on any atom is -0.391 e. The summed E-state index contributed by atoms with van der Waals surface area (Å²) >= 11 is 0. The molecule has 2 N–H and O–H groups in total. The monoisotopic (exact) mass is 285 g/mol. The van der Waals surface area contributed by atoms with Gasteiger partial charge in [-0.3, -0.25) is 4.21 Å². The number of sulfone groups is 1. The highest BCUT2D eigenvalue weighted by molar-refractivity contribution is 7.92. The maximum atomic E-state index is 11.5. The fourth-order valence-electron chi connectivity index (χ4n) is 1.03. The molecule has 0 aromatic heterocycles. The van der Waals surface area contributed by atoms with Gasteiger partial charge >= 0.3 is 0 Å². The fraction of sp³-hybridized carbons (Fsp3) is 1.00. The van der Waals surface area contributed by atoms with Crippen molar-refractivity contribution >= 4 is 20.6 Å². The number of hydrogen-bond donors (Lipinski definition) is 2. The topological polar surface area (TPSA) is 83.5 Å². The Labute approximate surface area is 106 Å². The molecule has 0 heterocycles. The van der Waals surface area contributed by atoms with Crippen LogP contribution in [0.25, 0.3) is 0 Å². The largest absolute Gasteiger partial charge is 0.391 e. The zero-order chi connectivity index (χ0) is 13.7. The molecular formula is C10H23NO4S2. The summed E-state index contributed by atoms with van der Waals surface area (Å²) < 4.78 is 33.2. The fourth-order valence-corrected chi connectivity index (χ4v) is 3.69. The molecule has 0 aromatic carbocycles. The average molecular weight is 285 g/mol. The lowest BCUT2D eigenvalue weighted by Crippen LogP contribution is -2.42. The molecule has 2 atom stereocenters. The number of rotatable bonds is 7. The Bertz CT molecular complexity index is 346. The van der Waals surface area contributed by atoms with Crippen molar-refractivity contribution in [2.75, 3.05) is 30.1 Å². The molecule has 0 saturated heterocycles. The molecule has 0 aromatic rings. The predicted octanol–water partition coefficient (Wildman–Crippen LogP) is -0.471. The van der Waals surface area contributed by atoms with Gasteiger partial charge in [0.1, 0.15) is 9.84 Å². The van der Waals surface area contributed by atoms with Gasteiger partial charge in [0.2, 0.25) is 0 Å². The van der Waals surface area contributed by atoms with E-state index in [0.29, 0.717) is 6.54 Å². The second kappa shape index (κ2) is 6.82. The third-order valence-electron chi connectivity index (χ3n) is 1.93. The van der Waals surface area contributed by atoms with Gasteiger partial charge in [-0.05, 0) is 20.8 Å². The van der Waals surface area contributed by atoms with Crippen LogP contribution >= 0.6 is 0 Å². The summed E-state index contributed by atoms with van der Waals surface area (Å²) in [5, 5.41) is 12.7. The summed E-state index contributed by atoms with van der Waals surface area (Å²) in [7, 11) is -4.37. The first-order chi connectivity index (χ1) is 7.49. The summed E-state index contributed by atoms with van der Waals surface area (Å²) in [6, 6.07) is 0. The predicted molar refractivity (Wildman–Crippen MR) is 71.3 cm³/mol. The van der Waals surface area contributed by atoms with Crippen molar-refractivity contribution in [1.29, 1.82) is 0 Å². The van der Waals surface area contributed by atoms with Crippen molar-refractivity contribution in [2.45, 2.75) is 32.4 Å². The van der Waals surface area contributed by atoms with Crippen molar-refractivity contribution in [2.24, 2.45) is 0 Å². The number of hydrogen-bond acceptors (Lipinski definition) is 5. The van der Waals surface area contributed by atoms with Gasteiger partial charge in [-0.15, -0.1) is 0 Å². The van der Waals surface area contributed by atoms with Gasteiger partial charge in [0.15, 0.2) is 0 Å². The standard InChI is InChI=1S/C10H23NO4S2/c1-10(2,3)11-7-9(12)8-16(13)5-6-17(4,14)15/h9,11-12H,5-8H2,1-4H3. The zero-order valence-corrected chi connectivity index (χ0v) is 12.5. The van der Waals surface area contributed by atoms with Crippen LogP contribution in [0.3, 0.4) is 0 Å². The second-order valence-corrected chi connectivity index (χ2v) is 9.11. The second-order valence-electron chi connectivity index (χ2n) is 5.23. The van der Waals surface area contributed by atoms with Crippen LogP contribution in [-0.2, 0) is 20.6 Å². The molecule has 0 fully saturated rings. The van der Waals surface area contributed by atoms with Crippen LogP contribution in [-0.4, -0.2) is 59.4 Å². The van der Waals surface area contributed by atoms with E-state index in [2.05, 4.69) is 5.32 Å². The third kappa shape index (κ3) is 12.3. The Morgan fingerprint density at radius 2 is 1.88 bits per heavy atom. The van der Waals surface area contributed by atoms with Crippen molar-refractivity contribution in [3.8, 4) is 0 Å². The normalized spacial score (nSPS) is 16.8. The minimum absolute atomic E-state index is 0.0887. The molecule has 0 spiro atoms. The quantitative estimate of drug-likeness (QED) is 0.661. The first kappa shape index (κ1) is 17.0. The Morgan fingerprint density at radius 1 is 1.35 bits per heavy atom. The number of aliphatic hydroxyl groups excluding tert-OH is 1. The van der Waals surface area contributed by atoms with E-state index < -0.39 is 26.7 Å². The molecule has 0 radical (unpaired) electrons. The van der Waals surface area contributed by atoms with Crippen LogP contribution in [0.4, 0.5) is 0 Å². The van der Waals surface area contributed by atoms with E-state index in [9.17, 15) is 17.7 Å². The highest BCUT2D eigenvalue weighted by Gasteiger charge is 2.15. The van der Waals surface area contributed by atoms with E-state index in [1.54, 1.807) is 0 Å². The highest BCUT2D eigenvalue weighted by atomic mass is 32.2. The molecule has 0 aliphatic heterocycles. The molecule has 5 nitrogen and oxygen atoms in total. The number of aliphatic hydroxyl groups is 1. The molecule has 0 amide bonds. The van der Waals surface area contributed by atoms with E-state index >= 15 is 0 Å². The van der Waals surface area contributed by atoms with E-state index in [1.807, 2.05) is 20.8 Å². The maximum absolute atomic E-state index is 11.5. The maximum Gasteiger partial charge on any atom is 0.148 e. The zero-order valence-electron chi connectivity index (χ0n) is 10.9. The summed E-state index contributed by atoms with van der Waals surface area (Å²) in [5.41, 5.74) is -0.102. The van der Waals surface area contributed by atoms with Crippen LogP contribution in [0.2, 0.25) is 0 Å². The van der Waals surface area contributed by atoms with Crippen LogP contribution in [0.15, 0.2) is 0 Å². The highest BCUT2D eigenvalue weighted by Crippen LogP contribution is 1.99. The van der Waals surface area contributed by atoms with Gasteiger partial charge in [-0.25, -0.2) is 8.42 Å². The van der Waals surface area contributed by atoms with E-state index in [1.165, 1.54) is 0 Å². The molecule has 0 bridgehead atoms. The lowest BCUT2D eigenvalue weighted by molar-refractivity contribution is 0.182. The van der Waals surface area contributed by atoms with Gasteiger partial charge in [0, 0.05) is 34.9 Å². The first-order valence-corrected chi connectivity index (χ1v) is 9.00. The molecule has 0 aliphatic rings. The van der Waals surface area contributed by atoms with Gasteiger partial charge < -0.3 is 10.4 Å². The van der Waals surface area contributed by atoms with Crippen LogP contribution in [0.5, 0.6) is 0 Å². The number of nitrogens with one attached hydrogen (secondary N) is 1. The van der Waals surface area contributed by atoms with Crippen molar-refractivity contribution in [3.05, 3.63) is 0 Å². The molecular weight excluding hydrogens is 262 g/mol. The SMILES string of the molecule is CC(C)(C)NCC(O)CS(=O)CCS(C)(=O)=O. The third-order valence-corrected chi connectivity index (χ3v) is 4.55. The smallest absolute Gasteiger partial charge is 0.148 e. The van der Waals surface area contributed by atoms with Gasteiger partial charge in [0.05, 0.1) is 17.6 Å². The summed E-state index contributed by atoms with van der Waals surface area (Å²) in [4.78, 5) is 0. The van der Waals surface area contributed by atoms with Crippen LogP contribution in [0.1, 0.15) is 20.8 Å². The van der Waals surface area contributed by atoms with Crippen molar-refractivity contribution in [1.82, 2.24) is 5.32 Å². The van der Waals surface area contributed by atoms with Crippen LogP contribution < -0.4 is 5.32 Å². The van der Waals surface area contributed by atoms with Crippen LogP contribution in [0, 0.1) is 0 Å². The van der Waals surface area contributed by atoms with E-state index in [4.69, 9.17) is 0 Å². The Balaban J connectivity index is 3.89. The van der Waals surface area contributed by atoms with Gasteiger partial charge in [0.25, 0.3) is 0 Å². The Kier molecular flexibility index (Phi) is 6.83.